The van der Waals surface area contributed by atoms with Gasteiger partial charge in [0.2, 0.25) is 0 Å². The molecule has 0 aliphatic heterocycles. The highest BCUT2D eigenvalue weighted by atomic mass is 19.1. The normalized spacial score (nSPS) is 11.2. The number of carbonyl (C=O) groups is 1. The summed E-state index contributed by atoms with van der Waals surface area (Å²) in [5, 5.41) is 2.59. The van der Waals surface area contributed by atoms with Crippen LogP contribution in [0.5, 0.6) is 0 Å². The second-order valence-corrected chi connectivity index (χ2v) is 4.89. The van der Waals surface area contributed by atoms with Crippen molar-refractivity contribution in [2.45, 2.75) is 19.4 Å². The van der Waals surface area contributed by atoms with E-state index in [9.17, 15) is 13.6 Å². The van der Waals surface area contributed by atoms with Gasteiger partial charge in [-0.15, -0.1) is 0 Å². The molecule has 0 aliphatic carbocycles. The fraction of sp³-hybridized carbons (Fsp3) is 0.200. The maximum absolute atomic E-state index is 13.8. The SMILES string of the molecule is CC(C)(NC(=O)c1ccccn1)c1c(F)cccc1F. The second kappa shape index (κ2) is 5.36. The van der Waals surface area contributed by atoms with Gasteiger partial charge in [-0.2, -0.15) is 0 Å². The monoisotopic (exact) mass is 276 g/mol. The zero-order valence-corrected chi connectivity index (χ0v) is 11.2. The first-order chi connectivity index (χ1) is 9.42. The molecule has 20 heavy (non-hydrogen) atoms. The summed E-state index contributed by atoms with van der Waals surface area (Å²) in [4.78, 5) is 15.9. The van der Waals surface area contributed by atoms with Crippen LogP contribution in [0.4, 0.5) is 8.78 Å². The molecule has 2 aromatic rings. The van der Waals surface area contributed by atoms with Gasteiger partial charge in [0, 0.05) is 11.8 Å². The summed E-state index contributed by atoms with van der Waals surface area (Å²) in [5.74, 6) is -1.88. The molecular formula is C15H14F2N2O. The van der Waals surface area contributed by atoms with Crippen LogP contribution in [-0.2, 0) is 5.54 Å². The molecule has 1 aromatic heterocycles. The van der Waals surface area contributed by atoms with Crippen molar-refractivity contribution in [3.05, 3.63) is 65.5 Å². The van der Waals surface area contributed by atoms with Crippen LogP contribution < -0.4 is 5.32 Å². The predicted molar refractivity (Wildman–Crippen MR) is 71.1 cm³/mol. The van der Waals surface area contributed by atoms with Gasteiger partial charge in [0.25, 0.3) is 5.91 Å². The van der Waals surface area contributed by atoms with Gasteiger partial charge in [-0.3, -0.25) is 9.78 Å². The van der Waals surface area contributed by atoms with Crippen molar-refractivity contribution < 1.29 is 13.6 Å². The summed E-state index contributed by atoms with van der Waals surface area (Å²) in [7, 11) is 0. The van der Waals surface area contributed by atoms with E-state index < -0.39 is 23.1 Å². The van der Waals surface area contributed by atoms with E-state index in [1.807, 2.05) is 0 Å². The van der Waals surface area contributed by atoms with Crippen LogP contribution in [0.1, 0.15) is 29.9 Å². The topological polar surface area (TPSA) is 42.0 Å². The van der Waals surface area contributed by atoms with E-state index in [1.165, 1.54) is 32.2 Å². The Hall–Kier alpha value is -2.30. The van der Waals surface area contributed by atoms with Crippen LogP contribution in [0, 0.1) is 11.6 Å². The molecule has 0 atom stereocenters. The molecule has 1 N–H and O–H groups in total. The number of amides is 1. The van der Waals surface area contributed by atoms with Gasteiger partial charge in [-0.25, -0.2) is 8.78 Å². The molecule has 3 nitrogen and oxygen atoms in total. The smallest absolute Gasteiger partial charge is 0.270 e. The van der Waals surface area contributed by atoms with Crippen molar-refractivity contribution in [1.29, 1.82) is 0 Å². The Bertz CT molecular complexity index is 607. The predicted octanol–water partition coefficient (Wildman–Crippen LogP) is 3.02. The standard InChI is InChI=1S/C15H14F2N2O/c1-15(2,13-10(16)6-5-7-11(13)17)19-14(20)12-8-3-4-9-18-12/h3-9H,1-2H3,(H,19,20). The van der Waals surface area contributed by atoms with Crippen LogP contribution in [-0.4, -0.2) is 10.9 Å². The van der Waals surface area contributed by atoms with Crippen LogP contribution in [0.2, 0.25) is 0 Å². The molecule has 0 fully saturated rings. The fourth-order valence-electron chi connectivity index (χ4n) is 2.00. The number of hydrogen-bond acceptors (Lipinski definition) is 2. The first-order valence-corrected chi connectivity index (χ1v) is 6.10. The molecule has 1 amide bonds. The largest absolute Gasteiger partial charge is 0.342 e. The van der Waals surface area contributed by atoms with Crippen molar-refractivity contribution in [2.75, 3.05) is 0 Å². The number of benzene rings is 1. The Morgan fingerprint density at radius 3 is 2.30 bits per heavy atom. The molecular weight excluding hydrogens is 262 g/mol. The lowest BCUT2D eigenvalue weighted by molar-refractivity contribution is 0.0904. The Balaban J connectivity index is 2.30. The van der Waals surface area contributed by atoms with E-state index in [2.05, 4.69) is 10.3 Å². The molecule has 5 heteroatoms. The Labute approximate surface area is 115 Å². The molecule has 104 valence electrons. The van der Waals surface area contributed by atoms with Gasteiger partial charge in [0.05, 0.1) is 5.54 Å². The highest BCUT2D eigenvalue weighted by Gasteiger charge is 2.29. The molecule has 0 radical (unpaired) electrons. The molecule has 2 rings (SSSR count). The first kappa shape index (κ1) is 14.1. The van der Waals surface area contributed by atoms with Crippen LogP contribution in [0.15, 0.2) is 42.6 Å². The van der Waals surface area contributed by atoms with Gasteiger partial charge in [0.15, 0.2) is 0 Å². The van der Waals surface area contributed by atoms with E-state index in [1.54, 1.807) is 12.1 Å². The van der Waals surface area contributed by atoms with Gasteiger partial charge in [0.1, 0.15) is 17.3 Å². The van der Waals surface area contributed by atoms with Crippen molar-refractivity contribution in [1.82, 2.24) is 10.3 Å². The molecule has 0 saturated heterocycles. The third-order valence-electron chi connectivity index (χ3n) is 2.91. The minimum Gasteiger partial charge on any atom is -0.342 e. The average molecular weight is 276 g/mol. The second-order valence-electron chi connectivity index (χ2n) is 4.89. The zero-order valence-electron chi connectivity index (χ0n) is 11.2. The summed E-state index contributed by atoms with van der Waals surface area (Å²) in [6.07, 6.45) is 1.48. The number of nitrogens with one attached hydrogen (secondary N) is 1. The number of rotatable bonds is 3. The van der Waals surface area contributed by atoms with Crippen molar-refractivity contribution in [3.63, 3.8) is 0 Å². The van der Waals surface area contributed by atoms with Gasteiger partial charge in [-0.1, -0.05) is 12.1 Å². The minimum absolute atomic E-state index is 0.177. The highest BCUT2D eigenvalue weighted by Crippen LogP contribution is 2.26. The van der Waals surface area contributed by atoms with E-state index in [0.717, 1.165) is 12.1 Å². The lowest BCUT2D eigenvalue weighted by atomic mass is 9.93. The molecule has 0 unspecified atom stereocenters. The van der Waals surface area contributed by atoms with Crippen molar-refractivity contribution in [3.8, 4) is 0 Å². The summed E-state index contributed by atoms with van der Waals surface area (Å²) in [6, 6.07) is 8.48. The van der Waals surface area contributed by atoms with E-state index in [4.69, 9.17) is 0 Å². The molecule has 0 bridgehead atoms. The zero-order chi connectivity index (χ0) is 14.8. The number of halogens is 2. The van der Waals surface area contributed by atoms with Crippen LogP contribution in [0.3, 0.4) is 0 Å². The minimum atomic E-state index is -1.19. The summed E-state index contributed by atoms with van der Waals surface area (Å²) < 4.78 is 27.6. The first-order valence-electron chi connectivity index (χ1n) is 6.10. The Morgan fingerprint density at radius 2 is 1.75 bits per heavy atom. The summed E-state index contributed by atoms with van der Waals surface area (Å²) >= 11 is 0. The summed E-state index contributed by atoms with van der Waals surface area (Å²) in [5.41, 5.74) is -1.18. The third kappa shape index (κ3) is 2.82. The van der Waals surface area contributed by atoms with E-state index in [0.29, 0.717) is 0 Å². The van der Waals surface area contributed by atoms with Gasteiger partial charge >= 0.3 is 0 Å². The maximum atomic E-state index is 13.8. The number of carbonyl (C=O) groups excluding carboxylic acids is 1. The van der Waals surface area contributed by atoms with Crippen molar-refractivity contribution >= 4 is 5.91 Å². The average Bonchev–Trinajstić information content (AvgIpc) is 2.38. The lowest BCUT2D eigenvalue weighted by Gasteiger charge is -2.27. The summed E-state index contributed by atoms with van der Waals surface area (Å²) in [6.45, 7) is 3.07. The van der Waals surface area contributed by atoms with Crippen LogP contribution >= 0.6 is 0 Å². The molecule has 1 heterocycles. The van der Waals surface area contributed by atoms with Gasteiger partial charge < -0.3 is 5.32 Å². The molecule has 0 spiro atoms. The van der Waals surface area contributed by atoms with Crippen LogP contribution in [0.25, 0.3) is 0 Å². The molecule has 0 aliphatic rings. The number of aromatic nitrogens is 1. The Kier molecular flexibility index (Phi) is 3.79. The highest BCUT2D eigenvalue weighted by molar-refractivity contribution is 5.92. The van der Waals surface area contributed by atoms with Crippen molar-refractivity contribution in [2.24, 2.45) is 0 Å². The van der Waals surface area contributed by atoms with Gasteiger partial charge in [-0.05, 0) is 38.1 Å². The molecule has 1 aromatic carbocycles. The maximum Gasteiger partial charge on any atom is 0.270 e. The number of hydrogen-bond donors (Lipinski definition) is 1. The van der Waals surface area contributed by atoms with E-state index >= 15 is 0 Å². The van der Waals surface area contributed by atoms with E-state index in [-0.39, 0.29) is 11.3 Å². The fourth-order valence-corrected chi connectivity index (χ4v) is 2.00. The Morgan fingerprint density at radius 1 is 1.10 bits per heavy atom. The quantitative estimate of drug-likeness (QED) is 0.936. The molecule has 0 saturated carbocycles. The number of pyridine rings is 1. The lowest BCUT2D eigenvalue weighted by Crippen LogP contribution is -2.42. The number of nitrogens with zero attached hydrogens (tertiary/aromatic N) is 1. The third-order valence-corrected chi connectivity index (χ3v) is 2.91.